The van der Waals surface area contributed by atoms with E-state index in [1.807, 2.05) is 5.38 Å². The minimum Gasteiger partial charge on any atom is -0.506 e. The van der Waals surface area contributed by atoms with Crippen LogP contribution in [0.25, 0.3) is 0 Å². The predicted molar refractivity (Wildman–Crippen MR) is 128 cm³/mol. The molecule has 33 heavy (non-hydrogen) atoms. The maximum atomic E-state index is 12.7. The number of aromatic hydroxyl groups is 1. The quantitative estimate of drug-likeness (QED) is 0.398. The van der Waals surface area contributed by atoms with Gasteiger partial charge in [0.05, 0.1) is 15.5 Å². The minimum absolute atomic E-state index is 0.000480. The smallest absolute Gasteiger partial charge is 0.261 e. The summed E-state index contributed by atoms with van der Waals surface area (Å²) < 4.78 is 26.8. The van der Waals surface area contributed by atoms with Crippen LogP contribution in [0.2, 0.25) is 0 Å². The molecule has 3 N–H and O–H groups in total. The second kappa shape index (κ2) is 10.6. The molecule has 0 fully saturated rings. The van der Waals surface area contributed by atoms with Gasteiger partial charge in [-0.15, -0.1) is 11.3 Å². The summed E-state index contributed by atoms with van der Waals surface area (Å²) in [6, 6.07) is 13.9. The van der Waals surface area contributed by atoms with Crippen LogP contribution in [-0.2, 0) is 16.6 Å². The summed E-state index contributed by atoms with van der Waals surface area (Å²) in [5, 5.41) is 17.3. The first kappa shape index (κ1) is 24.4. The summed E-state index contributed by atoms with van der Waals surface area (Å²) >= 11 is 1.36. The van der Waals surface area contributed by atoms with Gasteiger partial charge >= 0.3 is 0 Å². The lowest BCUT2D eigenvalue weighted by Gasteiger charge is -2.19. The van der Waals surface area contributed by atoms with E-state index in [1.165, 1.54) is 33.8 Å². The molecule has 8 nitrogen and oxygen atoms in total. The van der Waals surface area contributed by atoms with E-state index < -0.39 is 15.9 Å². The first-order valence-electron chi connectivity index (χ1n) is 10.3. The van der Waals surface area contributed by atoms with Crippen LogP contribution in [0, 0.1) is 0 Å². The molecule has 0 saturated carbocycles. The largest absolute Gasteiger partial charge is 0.506 e. The van der Waals surface area contributed by atoms with Crippen LogP contribution in [0.1, 0.15) is 39.4 Å². The van der Waals surface area contributed by atoms with Gasteiger partial charge in [-0.2, -0.15) is 4.31 Å². The Morgan fingerprint density at radius 2 is 1.70 bits per heavy atom. The summed E-state index contributed by atoms with van der Waals surface area (Å²) in [4.78, 5) is 25.3. The van der Waals surface area contributed by atoms with Gasteiger partial charge in [-0.1, -0.05) is 32.0 Å². The molecule has 0 spiro atoms. The van der Waals surface area contributed by atoms with Gasteiger partial charge in [0.1, 0.15) is 5.75 Å². The molecule has 2 amide bonds. The highest BCUT2D eigenvalue weighted by molar-refractivity contribution is 7.89. The van der Waals surface area contributed by atoms with E-state index in [-0.39, 0.29) is 22.2 Å². The van der Waals surface area contributed by atoms with E-state index in [1.54, 1.807) is 50.2 Å². The monoisotopic (exact) mass is 487 g/mol. The number of carbonyl (C=O) groups excluding carboxylic acids is 2. The third-order valence-electron chi connectivity index (χ3n) is 4.97. The molecule has 1 heterocycles. The molecule has 174 valence electrons. The topological polar surface area (TPSA) is 116 Å². The van der Waals surface area contributed by atoms with Crippen LogP contribution < -0.4 is 10.6 Å². The highest BCUT2D eigenvalue weighted by atomic mass is 32.2. The zero-order chi connectivity index (χ0) is 24.0. The Labute approximate surface area is 196 Å². The highest BCUT2D eigenvalue weighted by Crippen LogP contribution is 2.28. The van der Waals surface area contributed by atoms with Gasteiger partial charge in [-0.3, -0.25) is 9.59 Å². The fraction of sp³-hybridized carbons (Fsp3) is 0.217. The average Bonchev–Trinajstić information content (AvgIpc) is 3.35. The molecule has 10 heteroatoms. The van der Waals surface area contributed by atoms with Crippen LogP contribution in [0.5, 0.6) is 5.75 Å². The lowest BCUT2D eigenvalue weighted by Crippen LogP contribution is -2.30. The zero-order valence-corrected chi connectivity index (χ0v) is 19.9. The summed E-state index contributed by atoms with van der Waals surface area (Å²) in [7, 11) is -3.74. The molecule has 0 saturated heterocycles. The Morgan fingerprint density at radius 1 is 1.00 bits per heavy atom. The molecule has 3 rings (SSSR count). The van der Waals surface area contributed by atoms with Crippen molar-refractivity contribution in [3.63, 3.8) is 0 Å². The van der Waals surface area contributed by atoms with Crippen molar-refractivity contribution in [1.82, 2.24) is 9.62 Å². The van der Waals surface area contributed by atoms with Gasteiger partial charge in [0.15, 0.2) is 0 Å². The van der Waals surface area contributed by atoms with Crippen molar-refractivity contribution in [2.24, 2.45) is 0 Å². The van der Waals surface area contributed by atoms with Crippen molar-refractivity contribution >= 4 is 38.9 Å². The van der Waals surface area contributed by atoms with Gasteiger partial charge in [0.25, 0.3) is 11.8 Å². The van der Waals surface area contributed by atoms with Gasteiger partial charge in [-0.05, 0) is 47.3 Å². The van der Waals surface area contributed by atoms with Crippen molar-refractivity contribution in [3.05, 3.63) is 76.0 Å². The van der Waals surface area contributed by atoms with Gasteiger partial charge in [-0.25, -0.2) is 8.42 Å². The normalized spacial score (nSPS) is 11.4. The molecule has 2 aromatic carbocycles. The first-order chi connectivity index (χ1) is 15.8. The van der Waals surface area contributed by atoms with Crippen LogP contribution in [-0.4, -0.2) is 42.7 Å². The molecule has 0 unspecified atom stereocenters. The summed E-state index contributed by atoms with van der Waals surface area (Å²) in [6.45, 7) is 4.40. The number of nitrogens with zero attached hydrogens (tertiary/aromatic N) is 1. The van der Waals surface area contributed by atoms with Crippen LogP contribution in [0.4, 0.5) is 5.69 Å². The van der Waals surface area contributed by atoms with Crippen molar-refractivity contribution < 1.29 is 23.1 Å². The number of phenolic OH excluding ortho intramolecular Hbond substituents is 1. The maximum Gasteiger partial charge on any atom is 0.261 e. The third-order valence-corrected chi connectivity index (χ3v) is 7.89. The van der Waals surface area contributed by atoms with E-state index in [0.717, 1.165) is 5.56 Å². The molecule has 0 radical (unpaired) electrons. The molecule has 0 aliphatic carbocycles. The second-order valence-corrected chi connectivity index (χ2v) is 9.96. The Kier molecular flexibility index (Phi) is 7.85. The van der Waals surface area contributed by atoms with Crippen molar-refractivity contribution in [2.45, 2.75) is 25.3 Å². The zero-order valence-electron chi connectivity index (χ0n) is 18.2. The predicted octanol–water partition coefficient (Wildman–Crippen LogP) is 3.67. The first-order valence-corrected chi connectivity index (χ1v) is 12.6. The Hall–Kier alpha value is -3.21. The number of amides is 2. The number of nitrogens with one attached hydrogen (secondary N) is 2. The number of benzene rings is 2. The molecule has 1 aromatic heterocycles. The molecular formula is C23H25N3O5S2. The van der Waals surface area contributed by atoms with Gasteiger partial charge in [0.2, 0.25) is 10.0 Å². The summed E-state index contributed by atoms with van der Waals surface area (Å²) in [5.74, 6) is -0.909. The molecule has 0 aliphatic heterocycles. The number of hydrogen-bond donors (Lipinski definition) is 3. The summed E-state index contributed by atoms with van der Waals surface area (Å²) in [5.41, 5.74) is 1.13. The highest BCUT2D eigenvalue weighted by Gasteiger charge is 2.23. The average molecular weight is 488 g/mol. The van der Waals surface area contributed by atoms with Gasteiger partial charge in [0, 0.05) is 25.2 Å². The fourth-order valence-corrected chi connectivity index (χ4v) is 5.26. The number of anilines is 1. The van der Waals surface area contributed by atoms with E-state index >= 15 is 0 Å². The van der Waals surface area contributed by atoms with E-state index in [0.29, 0.717) is 30.1 Å². The minimum atomic E-state index is -3.74. The van der Waals surface area contributed by atoms with Gasteiger partial charge < -0.3 is 15.7 Å². The number of phenols is 1. The molecular weight excluding hydrogens is 462 g/mol. The SMILES string of the molecule is CCN(CC)S(=O)(=O)c1ccc(O)c(NC(=O)c2ccc(CNC(=O)c3cccs3)cc2)c1. The van der Waals surface area contributed by atoms with Crippen molar-refractivity contribution in [3.8, 4) is 5.75 Å². The maximum absolute atomic E-state index is 12.7. The lowest BCUT2D eigenvalue weighted by atomic mass is 10.1. The molecule has 0 bridgehead atoms. The van der Waals surface area contributed by atoms with E-state index in [2.05, 4.69) is 10.6 Å². The van der Waals surface area contributed by atoms with E-state index in [9.17, 15) is 23.1 Å². The van der Waals surface area contributed by atoms with Crippen molar-refractivity contribution in [1.29, 1.82) is 0 Å². The van der Waals surface area contributed by atoms with Crippen LogP contribution in [0.3, 0.4) is 0 Å². The molecule has 3 aromatic rings. The Balaban J connectivity index is 1.69. The van der Waals surface area contributed by atoms with E-state index in [4.69, 9.17) is 0 Å². The van der Waals surface area contributed by atoms with Crippen LogP contribution >= 0.6 is 11.3 Å². The lowest BCUT2D eigenvalue weighted by molar-refractivity contribution is 0.0953. The number of thiophene rings is 1. The fourth-order valence-electron chi connectivity index (χ4n) is 3.13. The third kappa shape index (κ3) is 5.78. The molecule has 0 aliphatic rings. The molecule has 0 atom stereocenters. The standard InChI is InChI=1S/C23H25N3O5S2/c1-3-26(4-2)33(30,31)18-11-12-20(27)19(14-18)25-22(28)17-9-7-16(8-10-17)15-24-23(29)21-6-5-13-32-21/h5-14,27H,3-4,15H2,1-2H3,(H,24,29)(H,25,28). The summed E-state index contributed by atoms with van der Waals surface area (Å²) in [6.07, 6.45) is 0. The number of rotatable bonds is 9. The van der Waals surface area contributed by atoms with Crippen LogP contribution in [0.15, 0.2) is 64.9 Å². The Morgan fingerprint density at radius 3 is 2.30 bits per heavy atom. The number of carbonyl (C=O) groups is 2. The number of sulfonamides is 1. The number of hydrogen-bond acceptors (Lipinski definition) is 6. The van der Waals surface area contributed by atoms with Crippen molar-refractivity contribution in [2.75, 3.05) is 18.4 Å². The second-order valence-electron chi connectivity index (χ2n) is 7.08. The Bertz CT molecular complexity index is 1220.